The first-order valence-corrected chi connectivity index (χ1v) is 9.23. The number of anilines is 1. The van der Waals surface area contributed by atoms with Gasteiger partial charge in [0.25, 0.3) is 5.91 Å². The summed E-state index contributed by atoms with van der Waals surface area (Å²) in [5.41, 5.74) is 2.47. The normalized spacial score (nSPS) is 15.2. The maximum Gasteiger partial charge on any atom is 0.253 e. The molecule has 1 fully saturated rings. The minimum absolute atomic E-state index is 0.102. The van der Waals surface area contributed by atoms with Crippen molar-refractivity contribution in [3.63, 3.8) is 0 Å². The van der Waals surface area contributed by atoms with Crippen LogP contribution < -0.4 is 10.2 Å². The van der Waals surface area contributed by atoms with Crippen molar-refractivity contribution in [3.05, 3.63) is 71.4 Å². The van der Waals surface area contributed by atoms with E-state index in [1.807, 2.05) is 24.3 Å². The fourth-order valence-corrected chi connectivity index (χ4v) is 3.74. The average molecular weight is 366 g/mol. The van der Waals surface area contributed by atoms with Crippen LogP contribution in [0.4, 0.5) is 5.69 Å². The number of pyridine rings is 1. The van der Waals surface area contributed by atoms with Crippen LogP contribution in [0.2, 0.25) is 5.02 Å². The van der Waals surface area contributed by atoms with Gasteiger partial charge < -0.3 is 10.2 Å². The van der Waals surface area contributed by atoms with E-state index in [0.29, 0.717) is 16.1 Å². The lowest BCUT2D eigenvalue weighted by atomic mass is 10.0. The summed E-state index contributed by atoms with van der Waals surface area (Å²) in [6.07, 6.45) is 3.55. The monoisotopic (exact) mass is 365 g/mol. The summed E-state index contributed by atoms with van der Waals surface area (Å²) >= 11 is 6.18. The third-order valence-corrected chi connectivity index (χ3v) is 5.08. The molecule has 0 atom stereocenters. The molecule has 0 unspecified atom stereocenters. The number of nitrogens with zero attached hydrogens (tertiary/aromatic N) is 2. The lowest BCUT2D eigenvalue weighted by Gasteiger charge is -2.34. The molecule has 1 amide bonds. The van der Waals surface area contributed by atoms with Gasteiger partial charge in [-0.3, -0.25) is 9.78 Å². The first kappa shape index (κ1) is 16.9. The van der Waals surface area contributed by atoms with Crippen LogP contribution in [0.3, 0.4) is 0 Å². The molecule has 5 heteroatoms. The molecule has 26 heavy (non-hydrogen) atoms. The molecule has 1 aliphatic heterocycles. The van der Waals surface area contributed by atoms with Gasteiger partial charge in [0.2, 0.25) is 0 Å². The first-order chi connectivity index (χ1) is 12.7. The number of aromatic nitrogens is 1. The number of fused-ring (bicyclic) bond motifs is 1. The Hall–Kier alpha value is -2.59. The minimum Gasteiger partial charge on any atom is -0.371 e. The fraction of sp³-hybridized carbons (Fsp3) is 0.238. The van der Waals surface area contributed by atoms with Crippen LogP contribution >= 0.6 is 11.6 Å². The van der Waals surface area contributed by atoms with Gasteiger partial charge in [-0.15, -0.1) is 0 Å². The summed E-state index contributed by atoms with van der Waals surface area (Å²) in [5.74, 6) is -0.102. The van der Waals surface area contributed by atoms with Gasteiger partial charge in [0.05, 0.1) is 11.1 Å². The van der Waals surface area contributed by atoms with Crippen LogP contribution in [0.5, 0.6) is 0 Å². The van der Waals surface area contributed by atoms with E-state index in [1.54, 1.807) is 12.3 Å². The van der Waals surface area contributed by atoms with Gasteiger partial charge in [-0.2, -0.15) is 0 Å². The fourth-order valence-electron chi connectivity index (χ4n) is 3.51. The van der Waals surface area contributed by atoms with Crippen molar-refractivity contribution < 1.29 is 4.79 Å². The van der Waals surface area contributed by atoms with E-state index in [0.717, 1.165) is 31.3 Å². The van der Waals surface area contributed by atoms with Crippen molar-refractivity contribution >= 4 is 34.1 Å². The molecule has 132 valence electrons. The summed E-state index contributed by atoms with van der Waals surface area (Å²) in [5, 5.41) is 4.59. The third-order valence-electron chi connectivity index (χ3n) is 4.87. The zero-order valence-electron chi connectivity index (χ0n) is 14.4. The molecule has 1 aliphatic rings. The van der Waals surface area contributed by atoms with Gasteiger partial charge >= 0.3 is 0 Å². The summed E-state index contributed by atoms with van der Waals surface area (Å²) in [7, 11) is 0. The number of para-hydroxylation sites is 1. The van der Waals surface area contributed by atoms with Gasteiger partial charge in [-0.05, 0) is 43.2 Å². The molecular weight excluding hydrogens is 346 g/mol. The van der Waals surface area contributed by atoms with E-state index >= 15 is 0 Å². The molecule has 4 rings (SSSR count). The van der Waals surface area contributed by atoms with Gasteiger partial charge in [0, 0.05) is 41.4 Å². The van der Waals surface area contributed by atoms with Crippen molar-refractivity contribution in [1.29, 1.82) is 0 Å². The van der Waals surface area contributed by atoms with Gasteiger partial charge in [-0.25, -0.2) is 0 Å². The Labute approximate surface area is 157 Å². The lowest BCUT2D eigenvalue weighted by Crippen LogP contribution is -2.44. The summed E-state index contributed by atoms with van der Waals surface area (Å²) < 4.78 is 0. The lowest BCUT2D eigenvalue weighted by molar-refractivity contribution is 0.0932. The molecule has 1 N–H and O–H groups in total. The van der Waals surface area contributed by atoms with Crippen molar-refractivity contribution in [2.24, 2.45) is 0 Å². The van der Waals surface area contributed by atoms with E-state index in [1.165, 1.54) is 5.69 Å². The number of carbonyl (C=O) groups is 1. The number of piperidine rings is 1. The summed E-state index contributed by atoms with van der Waals surface area (Å²) in [6, 6.07) is 17.9. The van der Waals surface area contributed by atoms with Crippen LogP contribution in [-0.2, 0) is 0 Å². The number of rotatable bonds is 3. The highest BCUT2D eigenvalue weighted by Gasteiger charge is 2.22. The number of nitrogens with one attached hydrogen (secondary N) is 1. The van der Waals surface area contributed by atoms with Crippen LogP contribution in [0.25, 0.3) is 10.9 Å². The Bertz CT molecular complexity index is 921. The maximum absolute atomic E-state index is 12.8. The van der Waals surface area contributed by atoms with Gasteiger partial charge in [0.15, 0.2) is 0 Å². The Morgan fingerprint density at radius 2 is 1.85 bits per heavy atom. The van der Waals surface area contributed by atoms with Crippen molar-refractivity contribution in [3.8, 4) is 0 Å². The van der Waals surface area contributed by atoms with Crippen molar-refractivity contribution in [1.82, 2.24) is 10.3 Å². The highest BCUT2D eigenvalue weighted by Crippen LogP contribution is 2.23. The second-order valence-electron chi connectivity index (χ2n) is 6.60. The predicted molar refractivity (Wildman–Crippen MR) is 106 cm³/mol. The molecule has 4 nitrogen and oxygen atoms in total. The molecule has 0 spiro atoms. The van der Waals surface area contributed by atoms with E-state index in [9.17, 15) is 4.79 Å². The summed E-state index contributed by atoms with van der Waals surface area (Å²) in [4.78, 5) is 19.5. The maximum atomic E-state index is 12.8. The Balaban J connectivity index is 1.45. The van der Waals surface area contributed by atoms with Crippen molar-refractivity contribution in [2.45, 2.75) is 18.9 Å². The SMILES string of the molecule is O=C(NC1CCN(c2ccccc2)CC1)c1cc(Cl)cc2cccnc12. The number of amides is 1. The smallest absolute Gasteiger partial charge is 0.253 e. The predicted octanol–water partition coefficient (Wildman–Crippen LogP) is 4.29. The van der Waals surface area contributed by atoms with Gasteiger partial charge in [0.1, 0.15) is 0 Å². The second kappa shape index (κ2) is 7.34. The molecule has 1 aromatic heterocycles. The number of halogens is 1. The highest BCUT2D eigenvalue weighted by molar-refractivity contribution is 6.32. The largest absolute Gasteiger partial charge is 0.371 e. The standard InChI is InChI=1S/C21H20ClN3O/c22-16-13-15-5-4-10-23-20(15)19(14-16)21(26)24-17-8-11-25(12-9-17)18-6-2-1-3-7-18/h1-7,10,13-14,17H,8-9,11-12H2,(H,24,26). The van der Waals surface area contributed by atoms with E-state index in [2.05, 4.69) is 39.5 Å². The van der Waals surface area contributed by atoms with E-state index in [-0.39, 0.29) is 11.9 Å². The Morgan fingerprint density at radius 3 is 2.62 bits per heavy atom. The molecule has 3 aromatic rings. The molecule has 2 aromatic carbocycles. The van der Waals surface area contributed by atoms with Crippen LogP contribution in [0.1, 0.15) is 23.2 Å². The van der Waals surface area contributed by atoms with E-state index in [4.69, 9.17) is 11.6 Å². The topological polar surface area (TPSA) is 45.2 Å². The molecule has 2 heterocycles. The number of carbonyl (C=O) groups excluding carboxylic acids is 1. The third kappa shape index (κ3) is 3.51. The van der Waals surface area contributed by atoms with Crippen LogP contribution in [-0.4, -0.2) is 30.0 Å². The van der Waals surface area contributed by atoms with Crippen molar-refractivity contribution in [2.75, 3.05) is 18.0 Å². The zero-order chi connectivity index (χ0) is 17.9. The Morgan fingerprint density at radius 1 is 1.08 bits per heavy atom. The van der Waals surface area contributed by atoms with Crippen LogP contribution in [0.15, 0.2) is 60.8 Å². The minimum atomic E-state index is -0.102. The second-order valence-corrected chi connectivity index (χ2v) is 7.04. The highest BCUT2D eigenvalue weighted by atomic mass is 35.5. The van der Waals surface area contributed by atoms with Gasteiger partial charge in [-0.1, -0.05) is 35.9 Å². The quantitative estimate of drug-likeness (QED) is 0.753. The Kier molecular flexibility index (Phi) is 4.76. The molecule has 0 aliphatic carbocycles. The molecule has 1 saturated heterocycles. The molecule has 0 bridgehead atoms. The molecule has 0 radical (unpaired) electrons. The number of benzene rings is 2. The molecule has 0 saturated carbocycles. The average Bonchev–Trinajstić information content (AvgIpc) is 2.68. The first-order valence-electron chi connectivity index (χ1n) is 8.86. The number of hydrogen-bond donors (Lipinski definition) is 1. The zero-order valence-corrected chi connectivity index (χ0v) is 15.1. The number of hydrogen-bond acceptors (Lipinski definition) is 3. The summed E-state index contributed by atoms with van der Waals surface area (Å²) in [6.45, 7) is 1.87. The van der Waals surface area contributed by atoms with Crippen LogP contribution in [0, 0.1) is 0 Å². The van der Waals surface area contributed by atoms with E-state index < -0.39 is 0 Å². The molecular formula is C21H20ClN3O.